The molecule has 212 valence electrons. The first-order valence-electron chi connectivity index (χ1n) is 12.3. The molecule has 0 saturated carbocycles. The summed E-state index contributed by atoms with van der Waals surface area (Å²) in [6.07, 6.45) is 1.58. The van der Waals surface area contributed by atoms with Crippen LogP contribution in [0.4, 0.5) is 0 Å². The normalized spacial score (nSPS) is 14.8. The number of guanidine groups is 1. The summed E-state index contributed by atoms with van der Waals surface area (Å²) >= 11 is 0. The molecule has 15 heteroatoms. The fourth-order valence-electron chi connectivity index (χ4n) is 3.26. The van der Waals surface area contributed by atoms with Gasteiger partial charge in [-0.25, -0.2) is 4.79 Å². The largest absolute Gasteiger partial charge is 0.480 e. The smallest absolute Gasteiger partial charge is 0.326 e. The molecule has 14 N–H and O–H groups in total. The lowest BCUT2D eigenvalue weighted by Crippen LogP contribution is -2.58. The molecule has 0 aromatic rings. The standard InChI is InChI=1S/C22H43N9O6/c1-3-12(2)17(25)20(35)29-13(7-4-5-9-23)18(33)31-15(11-16(24)32)19(34)30-14(21(36)37)8-6-10-28-22(26)27/h12-15,17H,3-11,23,25H2,1-2H3,(H2,24,32)(H,29,35)(H,30,34)(H,31,33)(H,36,37)(H4,26,27,28). The summed E-state index contributed by atoms with van der Waals surface area (Å²) in [5, 5.41) is 16.7. The van der Waals surface area contributed by atoms with Gasteiger partial charge in [0, 0.05) is 6.54 Å². The van der Waals surface area contributed by atoms with E-state index >= 15 is 0 Å². The third-order valence-corrected chi connectivity index (χ3v) is 5.74. The number of hydrogen-bond acceptors (Lipinski definition) is 8. The molecule has 0 aromatic heterocycles. The number of rotatable bonds is 19. The zero-order chi connectivity index (χ0) is 28.5. The van der Waals surface area contributed by atoms with Gasteiger partial charge < -0.3 is 49.7 Å². The van der Waals surface area contributed by atoms with Gasteiger partial charge in [0.2, 0.25) is 23.6 Å². The van der Waals surface area contributed by atoms with E-state index in [9.17, 15) is 29.1 Å². The fourth-order valence-corrected chi connectivity index (χ4v) is 3.26. The predicted octanol–water partition coefficient (Wildman–Crippen LogP) is -3.04. The second kappa shape index (κ2) is 17.9. The van der Waals surface area contributed by atoms with Crippen LogP contribution in [0.2, 0.25) is 0 Å². The first-order valence-corrected chi connectivity index (χ1v) is 12.3. The number of nitrogens with zero attached hydrogens (tertiary/aromatic N) is 1. The second-order valence-electron chi connectivity index (χ2n) is 8.84. The number of carbonyl (C=O) groups excluding carboxylic acids is 4. The maximum atomic E-state index is 13.0. The van der Waals surface area contributed by atoms with Crippen molar-refractivity contribution in [1.29, 1.82) is 0 Å². The zero-order valence-corrected chi connectivity index (χ0v) is 21.6. The van der Waals surface area contributed by atoms with E-state index < -0.39 is 60.2 Å². The van der Waals surface area contributed by atoms with Crippen molar-refractivity contribution in [1.82, 2.24) is 16.0 Å². The molecule has 15 nitrogen and oxygen atoms in total. The summed E-state index contributed by atoms with van der Waals surface area (Å²) in [6, 6.07) is -4.72. The van der Waals surface area contributed by atoms with Crippen molar-refractivity contribution in [2.75, 3.05) is 13.1 Å². The Bertz CT molecular complexity index is 804. The first-order chi connectivity index (χ1) is 17.3. The number of nitrogens with one attached hydrogen (secondary N) is 3. The van der Waals surface area contributed by atoms with Crippen molar-refractivity contribution in [3.63, 3.8) is 0 Å². The number of nitrogens with two attached hydrogens (primary N) is 5. The highest BCUT2D eigenvalue weighted by atomic mass is 16.4. The van der Waals surface area contributed by atoms with Gasteiger partial charge in [-0.15, -0.1) is 0 Å². The van der Waals surface area contributed by atoms with Crippen molar-refractivity contribution in [2.45, 2.75) is 83.0 Å². The third kappa shape index (κ3) is 14.0. The van der Waals surface area contributed by atoms with E-state index in [-0.39, 0.29) is 37.7 Å². The van der Waals surface area contributed by atoms with Gasteiger partial charge >= 0.3 is 5.97 Å². The summed E-state index contributed by atoms with van der Waals surface area (Å²) in [5.74, 6) is -4.73. The topological polar surface area (TPSA) is 284 Å². The molecule has 0 rings (SSSR count). The lowest BCUT2D eigenvalue weighted by molar-refractivity contribution is -0.142. The van der Waals surface area contributed by atoms with E-state index in [4.69, 9.17) is 28.7 Å². The van der Waals surface area contributed by atoms with Gasteiger partial charge in [-0.3, -0.25) is 24.2 Å². The van der Waals surface area contributed by atoms with Crippen LogP contribution >= 0.6 is 0 Å². The van der Waals surface area contributed by atoms with Crippen molar-refractivity contribution < 1.29 is 29.1 Å². The number of aliphatic imine (C=N–C) groups is 1. The Morgan fingerprint density at radius 1 is 0.838 bits per heavy atom. The van der Waals surface area contributed by atoms with Crippen LogP contribution in [0.1, 0.15) is 58.8 Å². The van der Waals surface area contributed by atoms with Crippen LogP contribution < -0.4 is 44.6 Å². The van der Waals surface area contributed by atoms with Gasteiger partial charge in [0.1, 0.15) is 18.1 Å². The Kier molecular flexibility index (Phi) is 16.2. The molecule has 0 aliphatic carbocycles. The SMILES string of the molecule is CCC(C)C(N)C(=O)NC(CCCCN)C(=O)NC(CC(N)=O)C(=O)NC(CCCN=C(N)N)C(=O)O. The van der Waals surface area contributed by atoms with Gasteiger partial charge in [0.25, 0.3) is 0 Å². The lowest BCUT2D eigenvalue weighted by Gasteiger charge is -2.25. The molecule has 0 heterocycles. The van der Waals surface area contributed by atoms with Crippen LogP contribution in [0.15, 0.2) is 4.99 Å². The zero-order valence-electron chi connectivity index (χ0n) is 21.6. The monoisotopic (exact) mass is 529 g/mol. The van der Waals surface area contributed by atoms with Gasteiger partial charge in [0.05, 0.1) is 12.5 Å². The molecule has 4 amide bonds. The van der Waals surface area contributed by atoms with Crippen LogP contribution in [-0.4, -0.2) is 77.9 Å². The van der Waals surface area contributed by atoms with E-state index in [0.29, 0.717) is 25.8 Å². The van der Waals surface area contributed by atoms with Gasteiger partial charge in [0.15, 0.2) is 5.96 Å². The molecule has 0 aromatic carbocycles. The fraction of sp³-hybridized carbons (Fsp3) is 0.727. The minimum absolute atomic E-state index is 0.0135. The van der Waals surface area contributed by atoms with Crippen molar-refractivity contribution in [3.05, 3.63) is 0 Å². The third-order valence-electron chi connectivity index (χ3n) is 5.74. The Labute approximate surface area is 216 Å². The van der Waals surface area contributed by atoms with Crippen LogP contribution in [-0.2, 0) is 24.0 Å². The average molecular weight is 530 g/mol. The minimum Gasteiger partial charge on any atom is -0.480 e. The number of unbranched alkanes of at least 4 members (excludes halogenated alkanes) is 1. The van der Waals surface area contributed by atoms with Crippen LogP contribution in [0, 0.1) is 5.92 Å². The highest BCUT2D eigenvalue weighted by Crippen LogP contribution is 2.08. The number of carboxylic acid groups (broad SMARTS) is 1. The Morgan fingerprint density at radius 3 is 1.89 bits per heavy atom. The molecule has 0 aliphatic heterocycles. The highest BCUT2D eigenvalue weighted by molar-refractivity contribution is 5.96. The minimum atomic E-state index is -1.47. The quantitative estimate of drug-likeness (QED) is 0.0463. The maximum Gasteiger partial charge on any atom is 0.326 e. The van der Waals surface area contributed by atoms with Crippen molar-refractivity contribution >= 4 is 35.6 Å². The number of carboxylic acids is 1. The number of primary amides is 1. The molecule has 0 saturated heterocycles. The number of carbonyl (C=O) groups is 5. The van der Waals surface area contributed by atoms with Crippen LogP contribution in [0.25, 0.3) is 0 Å². The Hall–Kier alpha value is -3.46. The van der Waals surface area contributed by atoms with E-state index in [1.54, 1.807) is 6.92 Å². The maximum absolute atomic E-state index is 13.0. The second-order valence-corrected chi connectivity index (χ2v) is 8.84. The van der Waals surface area contributed by atoms with Gasteiger partial charge in [-0.1, -0.05) is 20.3 Å². The molecule has 0 aliphatic rings. The molecule has 5 atom stereocenters. The average Bonchev–Trinajstić information content (AvgIpc) is 2.82. The number of hydrogen-bond donors (Lipinski definition) is 9. The lowest BCUT2D eigenvalue weighted by atomic mass is 9.98. The van der Waals surface area contributed by atoms with Crippen LogP contribution in [0.3, 0.4) is 0 Å². The van der Waals surface area contributed by atoms with Crippen LogP contribution in [0.5, 0.6) is 0 Å². The molecular formula is C22H43N9O6. The summed E-state index contributed by atoms with van der Waals surface area (Å²) in [6.45, 7) is 4.20. The van der Waals surface area contributed by atoms with E-state index in [1.165, 1.54) is 0 Å². The first kappa shape index (κ1) is 33.5. The van der Waals surface area contributed by atoms with E-state index in [0.717, 1.165) is 0 Å². The molecule has 5 unspecified atom stereocenters. The van der Waals surface area contributed by atoms with E-state index in [1.807, 2.05) is 6.92 Å². The number of aliphatic carboxylic acids is 1. The van der Waals surface area contributed by atoms with E-state index in [2.05, 4.69) is 20.9 Å². The Balaban J connectivity index is 5.53. The molecule has 0 radical (unpaired) electrons. The molecule has 0 fully saturated rings. The molecule has 0 spiro atoms. The summed E-state index contributed by atoms with van der Waals surface area (Å²) in [4.78, 5) is 65.4. The summed E-state index contributed by atoms with van der Waals surface area (Å²) in [5.41, 5.74) is 27.2. The van der Waals surface area contributed by atoms with Crippen molar-refractivity contribution in [3.8, 4) is 0 Å². The van der Waals surface area contributed by atoms with Gasteiger partial charge in [-0.2, -0.15) is 0 Å². The number of amides is 4. The highest BCUT2D eigenvalue weighted by Gasteiger charge is 2.31. The Morgan fingerprint density at radius 2 is 1.38 bits per heavy atom. The molecule has 0 bridgehead atoms. The van der Waals surface area contributed by atoms with Crippen molar-refractivity contribution in [2.24, 2.45) is 39.6 Å². The summed E-state index contributed by atoms with van der Waals surface area (Å²) < 4.78 is 0. The molecular weight excluding hydrogens is 486 g/mol. The van der Waals surface area contributed by atoms with Gasteiger partial charge in [-0.05, 0) is 44.6 Å². The predicted molar refractivity (Wildman–Crippen MR) is 137 cm³/mol. The molecule has 37 heavy (non-hydrogen) atoms. The summed E-state index contributed by atoms with van der Waals surface area (Å²) in [7, 11) is 0.